The van der Waals surface area contributed by atoms with E-state index in [1.54, 1.807) is 0 Å². The Hall–Kier alpha value is 0.170. The fourth-order valence-corrected chi connectivity index (χ4v) is 2.69. The molecule has 2 aliphatic heterocycles. The lowest BCUT2D eigenvalue weighted by atomic mass is 10.0. The van der Waals surface area contributed by atoms with Gasteiger partial charge in [0.1, 0.15) is 0 Å². The van der Waals surface area contributed by atoms with Crippen LogP contribution in [0.15, 0.2) is 0 Å². The van der Waals surface area contributed by atoms with Gasteiger partial charge < -0.3 is 10.1 Å². The van der Waals surface area contributed by atoms with E-state index in [9.17, 15) is 0 Å². The monoisotopic (exact) mass is 234 g/mol. The summed E-state index contributed by atoms with van der Waals surface area (Å²) < 4.78 is 5.75. The molecule has 2 heterocycles. The summed E-state index contributed by atoms with van der Waals surface area (Å²) in [6.07, 6.45) is 3.43. The first kappa shape index (κ1) is 13.2. The third kappa shape index (κ3) is 3.59. The summed E-state index contributed by atoms with van der Waals surface area (Å²) in [7, 11) is 0. The molecule has 0 aliphatic carbocycles. The highest BCUT2D eigenvalue weighted by Gasteiger charge is 2.28. The van der Waals surface area contributed by atoms with Crippen LogP contribution in [-0.2, 0) is 4.74 Å². The molecule has 0 bridgehead atoms. The molecule has 0 aromatic rings. The zero-order valence-corrected chi connectivity index (χ0v) is 10.6. The van der Waals surface area contributed by atoms with E-state index in [0.29, 0.717) is 12.2 Å². The van der Waals surface area contributed by atoms with E-state index in [4.69, 9.17) is 4.74 Å². The Kier molecular flexibility index (Phi) is 5.33. The van der Waals surface area contributed by atoms with Crippen LogP contribution >= 0.6 is 12.4 Å². The van der Waals surface area contributed by atoms with Crippen molar-refractivity contribution < 1.29 is 4.74 Å². The lowest BCUT2D eigenvalue weighted by molar-refractivity contribution is -0.0832. The van der Waals surface area contributed by atoms with Gasteiger partial charge in [-0.25, -0.2) is 0 Å². The maximum Gasteiger partial charge on any atom is 0.0678 e. The fraction of sp³-hybridized carbons (Fsp3) is 1.00. The van der Waals surface area contributed by atoms with Crippen molar-refractivity contribution in [1.29, 1.82) is 0 Å². The van der Waals surface area contributed by atoms with Crippen molar-refractivity contribution in [3.63, 3.8) is 0 Å². The molecular formula is C11H23ClN2O. The van der Waals surface area contributed by atoms with Crippen molar-refractivity contribution in [2.45, 2.75) is 44.9 Å². The van der Waals surface area contributed by atoms with E-state index < -0.39 is 0 Å². The second kappa shape index (κ2) is 6.04. The van der Waals surface area contributed by atoms with Crippen molar-refractivity contribution in [3.05, 3.63) is 0 Å². The summed E-state index contributed by atoms with van der Waals surface area (Å²) in [6.45, 7) is 8.98. The van der Waals surface area contributed by atoms with Crippen molar-refractivity contribution >= 4 is 12.4 Å². The van der Waals surface area contributed by atoms with Gasteiger partial charge in [0.25, 0.3) is 0 Å². The van der Waals surface area contributed by atoms with Gasteiger partial charge >= 0.3 is 0 Å². The van der Waals surface area contributed by atoms with Crippen LogP contribution in [0, 0.1) is 0 Å². The van der Waals surface area contributed by atoms with Gasteiger partial charge in [-0.1, -0.05) is 0 Å². The van der Waals surface area contributed by atoms with Gasteiger partial charge in [-0.05, 0) is 39.8 Å². The number of nitrogens with zero attached hydrogens (tertiary/aromatic N) is 1. The zero-order chi connectivity index (χ0) is 9.97. The molecule has 0 radical (unpaired) electrons. The molecule has 2 unspecified atom stereocenters. The number of hydrogen-bond donors (Lipinski definition) is 1. The standard InChI is InChI=1S/C11H22N2O.ClH/c1-9-7-13(8-10(2)14-9)11-3-5-12-6-4-11;/h9-12H,3-8H2,1-2H3;1H. The van der Waals surface area contributed by atoms with Gasteiger partial charge in [-0.2, -0.15) is 0 Å². The van der Waals surface area contributed by atoms with Gasteiger partial charge in [0.2, 0.25) is 0 Å². The third-order valence-corrected chi connectivity index (χ3v) is 3.27. The molecule has 0 aromatic heterocycles. The number of rotatable bonds is 1. The van der Waals surface area contributed by atoms with E-state index in [1.165, 1.54) is 25.9 Å². The Morgan fingerprint density at radius 1 is 1.07 bits per heavy atom. The Bertz CT molecular complexity index is 175. The van der Waals surface area contributed by atoms with Gasteiger partial charge in [-0.15, -0.1) is 12.4 Å². The number of piperidine rings is 1. The molecule has 2 rings (SSSR count). The van der Waals surface area contributed by atoms with Crippen LogP contribution in [0.1, 0.15) is 26.7 Å². The molecular weight excluding hydrogens is 212 g/mol. The summed E-state index contributed by atoms with van der Waals surface area (Å²) in [6, 6.07) is 0.796. The molecule has 1 N–H and O–H groups in total. The SMILES string of the molecule is CC1CN(C2CCNCC2)CC(C)O1.Cl. The molecule has 4 heteroatoms. The molecule has 0 aromatic carbocycles. The highest BCUT2D eigenvalue weighted by atomic mass is 35.5. The quantitative estimate of drug-likeness (QED) is 0.740. The summed E-state index contributed by atoms with van der Waals surface area (Å²) in [5, 5.41) is 3.42. The Labute approximate surface area is 99.0 Å². The van der Waals surface area contributed by atoms with Crippen molar-refractivity contribution in [3.8, 4) is 0 Å². The first-order valence-corrected chi connectivity index (χ1v) is 5.86. The molecule has 2 aliphatic rings. The average molecular weight is 235 g/mol. The van der Waals surface area contributed by atoms with Gasteiger partial charge in [0.15, 0.2) is 0 Å². The second-order valence-electron chi connectivity index (χ2n) is 4.69. The number of ether oxygens (including phenoxy) is 1. The fourth-order valence-electron chi connectivity index (χ4n) is 2.69. The van der Waals surface area contributed by atoms with Gasteiger partial charge in [0, 0.05) is 19.1 Å². The molecule has 2 fully saturated rings. The van der Waals surface area contributed by atoms with Crippen LogP contribution in [0.5, 0.6) is 0 Å². The smallest absolute Gasteiger partial charge is 0.0678 e. The summed E-state index contributed by atoms with van der Waals surface area (Å²) in [5.74, 6) is 0. The minimum atomic E-state index is 0. The van der Waals surface area contributed by atoms with Crippen LogP contribution in [0.4, 0.5) is 0 Å². The lowest BCUT2D eigenvalue weighted by Crippen LogP contribution is -2.52. The first-order valence-electron chi connectivity index (χ1n) is 5.86. The van der Waals surface area contributed by atoms with Crippen molar-refractivity contribution in [1.82, 2.24) is 10.2 Å². The largest absolute Gasteiger partial charge is 0.373 e. The van der Waals surface area contributed by atoms with Gasteiger partial charge in [-0.3, -0.25) is 4.90 Å². The summed E-state index contributed by atoms with van der Waals surface area (Å²) in [5.41, 5.74) is 0. The van der Waals surface area contributed by atoms with Crippen LogP contribution < -0.4 is 5.32 Å². The molecule has 2 atom stereocenters. The first-order chi connectivity index (χ1) is 6.75. The van der Waals surface area contributed by atoms with E-state index in [1.807, 2.05) is 0 Å². The van der Waals surface area contributed by atoms with E-state index in [-0.39, 0.29) is 12.4 Å². The highest BCUT2D eigenvalue weighted by Crippen LogP contribution is 2.18. The average Bonchev–Trinajstić information content (AvgIpc) is 2.18. The predicted molar refractivity (Wildman–Crippen MR) is 64.7 cm³/mol. The molecule has 0 amide bonds. The van der Waals surface area contributed by atoms with Crippen LogP contribution in [-0.4, -0.2) is 49.3 Å². The molecule has 0 saturated carbocycles. The minimum absolute atomic E-state index is 0. The highest BCUT2D eigenvalue weighted by molar-refractivity contribution is 5.85. The molecule has 2 saturated heterocycles. The number of morpholine rings is 1. The number of nitrogens with one attached hydrogen (secondary N) is 1. The van der Waals surface area contributed by atoms with Crippen molar-refractivity contribution in [2.75, 3.05) is 26.2 Å². The second-order valence-corrected chi connectivity index (χ2v) is 4.69. The van der Waals surface area contributed by atoms with E-state index in [0.717, 1.165) is 19.1 Å². The maximum absolute atomic E-state index is 5.75. The Morgan fingerprint density at radius 2 is 1.60 bits per heavy atom. The van der Waals surface area contributed by atoms with E-state index >= 15 is 0 Å². The summed E-state index contributed by atoms with van der Waals surface area (Å²) in [4.78, 5) is 2.62. The molecule has 0 spiro atoms. The van der Waals surface area contributed by atoms with Crippen LogP contribution in [0.25, 0.3) is 0 Å². The lowest BCUT2D eigenvalue weighted by Gasteiger charge is -2.41. The topological polar surface area (TPSA) is 24.5 Å². The summed E-state index contributed by atoms with van der Waals surface area (Å²) >= 11 is 0. The number of halogens is 1. The zero-order valence-electron chi connectivity index (χ0n) is 9.74. The normalized spacial score (nSPS) is 34.8. The van der Waals surface area contributed by atoms with Crippen LogP contribution in [0.2, 0.25) is 0 Å². The van der Waals surface area contributed by atoms with Crippen LogP contribution in [0.3, 0.4) is 0 Å². The molecule has 15 heavy (non-hydrogen) atoms. The maximum atomic E-state index is 5.75. The molecule has 90 valence electrons. The number of hydrogen-bond acceptors (Lipinski definition) is 3. The predicted octanol–water partition coefficient (Wildman–Crippen LogP) is 1.27. The Morgan fingerprint density at radius 3 is 2.13 bits per heavy atom. The van der Waals surface area contributed by atoms with Crippen molar-refractivity contribution in [2.24, 2.45) is 0 Å². The Balaban J connectivity index is 0.00000112. The third-order valence-electron chi connectivity index (χ3n) is 3.27. The van der Waals surface area contributed by atoms with Gasteiger partial charge in [0.05, 0.1) is 12.2 Å². The minimum Gasteiger partial charge on any atom is -0.373 e. The molecule has 3 nitrogen and oxygen atoms in total. The van der Waals surface area contributed by atoms with E-state index in [2.05, 4.69) is 24.1 Å².